The van der Waals surface area contributed by atoms with Crippen LogP contribution >= 0.6 is 0 Å². The summed E-state index contributed by atoms with van der Waals surface area (Å²) in [5.41, 5.74) is -0.457. The van der Waals surface area contributed by atoms with E-state index in [0.717, 1.165) is 5.56 Å². The first-order valence-corrected chi connectivity index (χ1v) is 11.6. The van der Waals surface area contributed by atoms with Crippen molar-refractivity contribution in [1.82, 2.24) is 15.1 Å². The lowest BCUT2D eigenvalue weighted by Gasteiger charge is -2.32. The average Bonchev–Trinajstić information content (AvgIpc) is 3.31. The Labute approximate surface area is 211 Å². The molecule has 0 spiro atoms. The van der Waals surface area contributed by atoms with E-state index in [-0.39, 0.29) is 30.8 Å². The number of hydrogen-bond donors (Lipinski definition) is 2. The predicted octanol–water partition coefficient (Wildman–Crippen LogP) is 1.58. The van der Waals surface area contributed by atoms with Crippen LogP contribution in [-0.2, 0) is 35.3 Å². The van der Waals surface area contributed by atoms with E-state index in [1.54, 1.807) is 11.8 Å². The number of benzene rings is 1. The molecule has 0 aliphatic carbocycles. The summed E-state index contributed by atoms with van der Waals surface area (Å²) in [6.45, 7) is 5.98. The predicted molar refractivity (Wildman–Crippen MR) is 123 cm³/mol. The van der Waals surface area contributed by atoms with Crippen LogP contribution in [0.4, 0.5) is 13.2 Å². The van der Waals surface area contributed by atoms with Gasteiger partial charge in [-0.2, -0.15) is 13.2 Å². The number of imide groups is 1. The minimum absolute atomic E-state index is 0.124. The highest BCUT2D eigenvalue weighted by molar-refractivity contribution is 6.09. The van der Waals surface area contributed by atoms with Gasteiger partial charge in [0.05, 0.1) is 25.5 Å². The molecule has 2 aliphatic heterocycles. The Balaban J connectivity index is 0.000000604. The zero-order chi connectivity index (χ0) is 28.1. The molecular formula is C24H30F3N3O7. The standard InChI is InChI=1S/C22H29N3O5.C2HF3O2/c1-5-22(21(29)30-4)18-17(16(23-22)13-24(6-2)14(3)26)19(27)25(20(18)28)12-15-10-8-7-9-11-15;3-2(4,5)1(6)7/h7-11,16-18,23H,5-6,12-13H2,1-4H3;(H,6,7)/t16-,17+,18-,22-;/m1./s1. The van der Waals surface area contributed by atoms with Crippen molar-refractivity contribution in [3.8, 4) is 0 Å². The molecule has 13 heteroatoms. The van der Waals surface area contributed by atoms with E-state index in [2.05, 4.69) is 5.32 Å². The molecule has 2 saturated heterocycles. The van der Waals surface area contributed by atoms with Crippen molar-refractivity contribution in [2.45, 2.75) is 51.5 Å². The number of likely N-dealkylation sites (tertiary alicyclic amines) is 1. The maximum atomic E-state index is 13.4. The number of amides is 3. The van der Waals surface area contributed by atoms with Crippen LogP contribution in [0.2, 0.25) is 0 Å². The van der Waals surface area contributed by atoms with Gasteiger partial charge in [-0.1, -0.05) is 37.3 Å². The highest BCUT2D eigenvalue weighted by Gasteiger charge is 2.67. The van der Waals surface area contributed by atoms with E-state index in [4.69, 9.17) is 14.6 Å². The Morgan fingerprint density at radius 1 is 1.14 bits per heavy atom. The average molecular weight is 530 g/mol. The van der Waals surface area contributed by atoms with Crippen LogP contribution in [-0.4, -0.2) is 82.5 Å². The first-order chi connectivity index (χ1) is 17.2. The lowest BCUT2D eigenvalue weighted by molar-refractivity contribution is -0.192. The van der Waals surface area contributed by atoms with E-state index in [1.807, 2.05) is 37.3 Å². The maximum absolute atomic E-state index is 13.4. The maximum Gasteiger partial charge on any atom is 0.490 e. The van der Waals surface area contributed by atoms with Gasteiger partial charge in [0.1, 0.15) is 5.54 Å². The van der Waals surface area contributed by atoms with Crippen LogP contribution in [0.25, 0.3) is 0 Å². The number of esters is 1. The van der Waals surface area contributed by atoms with Gasteiger partial charge in [-0.25, -0.2) is 4.79 Å². The van der Waals surface area contributed by atoms with Crippen LogP contribution in [0.3, 0.4) is 0 Å². The fourth-order valence-corrected chi connectivity index (χ4v) is 4.82. The molecule has 2 fully saturated rings. The normalized spacial score (nSPS) is 24.7. The molecule has 3 rings (SSSR count). The second kappa shape index (κ2) is 11.7. The minimum Gasteiger partial charge on any atom is -0.475 e. The Kier molecular flexibility index (Phi) is 9.42. The van der Waals surface area contributed by atoms with Gasteiger partial charge in [0.15, 0.2) is 0 Å². The van der Waals surface area contributed by atoms with Crippen molar-refractivity contribution >= 4 is 29.7 Å². The van der Waals surface area contributed by atoms with Crippen molar-refractivity contribution in [3.63, 3.8) is 0 Å². The van der Waals surface area contributed by atoms with E-state index >= 15 is 0 Å². The van der Waals surface area contributed by atoms with Crippen molar-refractivity contribution in [3.05, 3.63) is 35.9 Å². The van der Waals surface area contributed by atoms with Gasteiger partial charge in [0.25, 0.3) is 0 Å². The molecule has 37 heavy (non-hydrogen) atoms. The molecule has 2 N–H and O–H groups in total. The summed E-state index contributed by atoms with van der Waals surface area (Å²) in [5.74, 6) is -5.72. The Morgan fingerprint density at radius 2 is 1.70 bits per heavy atom. The van der Waals surface area contributed by atoms with Crippen LogP contribution in [0, 0.1) is 11.8 Å². The molecule has 2 heterocycles. The lowest BCUT2D eigenvalue weighted by atomic mass is 9.78. The smallest absolute Gasteiger partial charge is 0.475 e. The molecular weight excluding hydrogens is 499 g/mol. The summed E-state index contributed by atoms with van der Waals surface area (Å²) in [5, 5.41) is 10.4. The Morgan fingerprint density at radius 3 is 2.14 bits per heavy atom. The van der Waals surface area contributed by atoms with Crippen LogP contribution in [0.1, 0.15) is 32.8 Å². The molecule has 1 aromatic carbocycles. The highest BCUT2D eigenvalue weighted by atomic mass is 19.4. The Bertz CT molecular complexity index is 1030. The SMILES string of the molecule is CCN(C[C@H]1N[C@@](CC)(C(=O)OC)[C@H]2C(=O)N(Cc3ccccc3)C(=O)[C@@H]12)C(C)=O.O=C(O)C(F)(F)F. The van der Waals surface area contributed by atoms with E-state index in [9.17, 15) is 32.3 Å². The van der Waals surface area contributed by atoms with E-state index in [0.29, 0.717) is 13.0 Å². The number of fused-ring (bicyclic) bond motifs is 1. The highest BCUT2D eigenvalue weighted by Crippen LogP contribution is 2.45. The molecule has 0 unspecified atom stereocenters. The van der Waals surface area contributed by atoms with Crippen LogP contribution in [0.5, 0.6) is 0 Å². The number of alkyl halides is 3. The number of aliphatic carboxylic acids is 1. The molecule has 2 aliphatic rings. The number of carbonyl (C=O) groups is 5. The fourth-order valence-electron chi connectivity index (χ4n) is 4.82. The van der Waals surface area contributed by atoms with Gasteiger partial charge >= 0.3 is 18.1 Å². The van der Waals surface area contributed by atoms with Crippen molar-refractivity contribution in [2.75, 3.05) is 20.2 Å². The molecule has 1 aromatic rings. The number of ether oxygens (including phenoxy) is 1. The van der Waals surface area contributed by atoms with Crippen LogP contribution in [0.15, 0.2) is 30.3 Å². The minimum atomic E-state index is -5.08. The Hall–Kier alpha value is -3.48. The number of nitrogens with one attached hydrogen (secondary N) is 1. The number of rotatable bonds is 7. The number of carboxylic acids is 1. The molecule has 4 atom stereocenters. The van der Waals surface area contributed by atoms with Gasteiger partial charge in [-0.05, 0) is 18.9 Å². The monoisotopic (exact) mass is 529 g/mol. The molecule has 0 aromatic heterocycles. The fraction of sp³-hybridized carbons (Fsp3) is 0.542. The number of hydrogen-bond acceptors (Lipinski definition) is 7. The summed E-state index contributed by atoms with van der Waals surface area (Å²) >= 11 is 0. The molecule has 3 amide bonds. The van der Waals surface area contributed by atoms with Crippen molar-refractivity contribution < 1.29 is 47.0 Å². The van der Waals surface area contributed by atoms with Gasteiger partial charge in [0, 0.05) is 26.1 Å². The molecule has 0 bridgehead atoms. The second-order valence-corrected chi connectivity index (χ2v) is 8.68. The number of halogens is 3. The summed E-state index contributed by atoms with van der Waals surface area (Å²) in [6, 6.07) is 8.75. The van der Waals surface area contributed by atoms with Gasteiger partial charge in [-0.3, -0.25) is 29.4 Å². The summed E-state index contributed by atoms with van der Waals surface area (Å²) < 4.78 is 36.8. The largest absolute Gasteiger partial charge is 0.490 e. The first kappa shape index (κ1) is 29.7. The zero-order valence-electron chi connectivity index (χ0n) is 20.9. The quantitative estimate of drug-likeness (QED) is 0.402. The third-order valence-electron chi connectivity index (χ3n) is 6.63. The number of carbonyl (C=O) groups excluding carboxylic acids is 4. The summed E-state index contributed by atoms with van der Waals surface area (Å²) in [4.78, 5) is 63.3. The molecule has 0 saturated carbocycles. The molecule has 204 valence electrons. The van der Waals surface area contributed by atoms with E-state index in [1.165, 1.54) is 18.9 Å². The number of likely N-dealkylation sites (N-methyl/N-ethyl adjacent to an activating group) is 1. The third kappa shape index (κ3) is 6.09. The van der Waals surface area contributed by atoms with Crippen LogP contribution < -0.4 is 5.32 Å². The first-order valence-electron chi connectivity index (χ1n) is 11.6. The number of methoxy groups -OCH3 is 1. The second-order valence-electron chi connectivity index (χ2n) is 8.68. The van der Waals surface area contributed by atoms with Gasteiger partial charge in [0.2, 0.25) is 17.7 Å². The zero-order valence-corrected chi connectivity index (χ0v) is 20.9. The lowest BCUT2D eigenvalue weighted by Crippen LogP contribution is -2.58. The van der Waals surface area contributed by atoms with Gasteiger partial charge < -0.3 is 14.7 Å². The molecule has 10 nitrogen and oxygen atoms in total. The van der Waals surface area contributed by atoms with Crippen molar-refractivity contribution in [1.29, 1.82) is 0 Å². The third-order valence-corrected chi connectivity index (χ3v) is 6.63. The van der Waals surface area contributed by atoms with Crippen molar-refractivity contribution in [2.24, 2.45) is 11.8 Å². The van der Waals surface area contributed by atoms with Gasteiger partial charge in [-0.15, -0.1) is 0 Å². The summed E-state index contributed by atoms with van der Waals surface area (Å²) in [7, 11) is 1.28. The molecule has 0 radical (unpaired) electrons. The topological polar surface area (TPSA) is 133 Å². The number of carboxylic acid groups (broad SMARTS) is 1. The number of nitrogens with zero attached hydrogens (tertiary/aromatic N) is 2. The summed E-state index contributed by atoms with van der Waals surface area (Å²) in [6.07, 6.45) is -4.79. The van der Waals surface area contributed by atoms with E-state index < -0.39 is 41.5 Å².